The summed E-state index contributed by atoms with van der Waals surface area (Å²) >= 11 is 0. The maximum atomic E-state index is 11.6. The number of nitrogens with zero attached hydrogens (tertiary/aromatic N) is 2. The maximum Gasteiger partial charge on any atom is 0.321 e. The molecule has 0 unspecified atom stereocenters. The molecule has 3 aromatic rings. The second kappa shape index (κ2) is 5.89. The molecule has 3 N–H and O–H groups in total. The largest absolute Gasteiger partial charge is 0.338 e. The Morgan fingerprint density at radius 1 is 1.36 bits per heavy atom. The number of H-pyrrole nitrogens is 1. The van der Waals surface area contributed by atoms with E-state index < -0.39 is 0 Å². The first-order valence-corrected chi connectivity index (χ1v) is 7.13. The minimum Gasteiger partial charge on any atom is -0.338 e. The van der Waals surface area contributed by atoms with Crippen LogP contribution in [0.25, 0.3) is 22.2 Å². The molecule has 0 saturated carbocycles. The molecule has 0 aliphatic rings. The number of urea groups is 1. The molecule has 2 heterocycles. The number of benzene rings is 1. The molecule has 7 heteroatoms. The Hall–Kier alpha value is -2.83. The van der Waals surface area contributed by atoms with E-state index in [4.69, 9.17) is 0 Å². The van der Waals surface area contributed by atoms with Crippen LogP contribution in [0.1, 0.15) is 6.92 Å². The molecule has 0 aliphatic carbocycles. The smallest absolute Gasteiger partial charge is 0.321 e. The zero-order valence-electron chi connectivity index (χ0n) is 12.5. The highest BCUT2D eigenvalue weighted by molar-refractivity contribution is 6.38. The Kier molecular flexibility index (Phi) is 3.78. The van der Waals surface area contributed by atoms with Crippen LogP contribution in [0.15, 0.2) is 36.7 Å². The van der Waals surface area contributed by atoms with Crippen molar-refractivity contribution in [2.45, 2.75) is 6.92 Å². The summed E-state index contributed by atoms with van der Waals surface area (Å²) in [7, 11) is 2.01. The SMILES string of the molecule is Bc1cc(-c2cccnc2)cc2nc(NC(=O)NCC)[nH]c12. The third-order valence-corrected chi connectivity index (χ3v) is 3.35. The van der Waals surface area contributed by atoms with E-state index >= 15 is 0 Å². The Balaban J connectivity index is 1.98. The van der Waals surface area contributed by atoms with Gasteiger partial charge in [-0.25, -0.2) is 9.78 Å². The Bertz CT molecular complexity index is 815. The van der Waals surface area contributed by atoms with E-state index in [1.54, 1.807) is 6.20 Å². The van der Waals surface area contributed by atoms with Crippen molar-refractivity contribution in [2.75, 3.05) is 11.9 Å². The number of fused-ring (bicyclic) bond motifs is 1. The number of anilines is 1. The van der Waals surface area contributed by atoms with Crippen LogP contribution >= 0.6 is 0 Å². The molecule has 1 aromatic carbocycles. The average Bonchev–Trinajstić information content (AvgIpc) is 2.91. The second-order valence-corrected chi connectivity index (χ2v) is 5.00. The third-order valence-electron chi connectivity index (χ3n) is 3.35. The summed E-state index contributed by atoms with van der Waals surface area (Å²) in [5, 5.41) is 5.36. The van der Waals surface area contributed by atoms with E-state index in [9.17, 15) is 4.79 Å². The van der Waals surface area contributed by atoms with Crippen LogP contribution in [0.4, 0.5) is 10.7 Å². The van der Waals surface area contributed by atoms with E-state index in [1.807, 2.05) is 39.2 Å². The zero-order valence-corrected chi connectivity index (χ0v) is 12.5. The van der Waals surface area contributed by atoms with Gasteiger partial charge in [0.2, 0.25) is 5.95 Å². The van der Waals surface area contributed by atoms with Crippen LogP contribution in [0.3, 0.4) is 0 Å². The number of aromatic amines is 1. The van der Waals surface area contributed by atoms with Crippen LogP contribution in [0, 0.1) is 0 Å². The van der Waals surface area contributed by atoms with Crippen molar-refractivity contribution in [3.63, 3.8) is 0 Å². The van der Waals surface area contributed by atoms with E-state index in [0.29, 0.717) is 12.5 Å². The molecule has 2 aromatic heterocycles. The Labute approximate surface area is 128 Å². The van der Waals surface area contributed by atoms with Gasteiger partial charge < -0.3 is 10.3 Å². The highest BCUT2D eigenvalue weighted by Crippen LogP contribution is 2.22. The number of rotatable bonds is 3. The van der Waals surface area contributed by atoms with Crippen LogP contribution in [-0.2, 0) is 0 Å². The van der Waals surface area contributed by atoms with Gasteiger partial charge in [0.05, 0.1) is 11.0 Å². The third kappa shape index (κ3) is 2.78. The highest BCUT2D eigenvalue weighted by Gasteiger charge is 2.10. The number of aromatic nitrogens is 3. The van der Waals surface area contributed by atoms with Crippen LogP contribution in [0.2, 0.25) is 0 Å². The molecule has 3 rings (SSSR count). The fraction of sp³-hybridized carbons (Fsp3) is 0.133. The maximum absolute atomic E-state index is 11.6. The molecule has 0 aliphatic heterocycles. The molecule has 0 fully saturated rings. The first-order valence-electron chi connectivity index (χ1n) is 7.13. The standard InChI is InChI=1S/C15H16BN5O/c1-2-18-15(22)21-14-19-12-7-10(6-11(16)13(12)20-14)9-4-3-5-17-8-9/h3-8H,2,16H2,1H3,(H3,18,19,20,21,22). The lowest BCUT2D eigenvalue weighted by atomic mass is 9.91. The van der Waals surface area contributed by atoms with Gasteiger partial charge in [0.25, 0.3) is 0 Å². The van der Waals surface area contributed by atoms with Gasteiger partial charge in [0.1, 0.15) is 7.85 Å². The van der Waals surface area contributed by atoms with Crippen molar-refractivity contribution < 1.29 is 4.79 Å². The van der Waals surface area contributed by atoms with Crippen molar-refractivity contribution in [1.29, 1.82) is 0 Å². The predicted octanol–water partition coefficient (Wildman–Crippen LogP) is 1.02. The van der Waals surface area contributed by atoms with Crippen LogP contribution in [0.5, 0.6) is 0 Å². The first kappa shape index (κ1) is 14.1. The van der Waals surface area contributed by atoms with Crippen molar-refractivity contribution >= 4 is 36.3 Å². The van der Waals surface area contributed by atoms with Crippen molar-refractivity contribution in [3.8, 4) is 11.1 Å². The summed E-state index contributed by atoms with van der Waals surface area (Å²) in [6.07, 6.45) is 3.57. The molecular weight excluding hydrogens is 277 g/mol. The average molecular weight is 293 g/mol. The lowest BCUT2D eigenvalue weighted by molar-refractivity contribution is 0.252. The number of nitrogens with one attached hydrogen (secondary N) is 3. The van der Waals surface area contributed by atoms with Gasteiger partial charge >= 0.3 is 6.03 Å². The number of carbonyl (C=O) groups excluding carboxylic acids is 1. The molecule has 0 saturated heterocycles. The Morgan fingerprint density at radius 2 is 2.23 bits per heavy atom. The molecule has 6 nitrogen and oxygen atoms in total. The Morgan fingerprint density at radius 3 is 2.95 bits per heavy atom. The lowest BCUT2D eigenvalue weighted by Crippen LogP contribution is -2.28. The molecule has 0 bridgehead atoms. The number of hydrogen-bond acceptors (Lipinski definition) is 3. The van der Waals surface area contributed by atoms with E-state index in [1.165, 1.54) is 0 Å². The van der Waals surface area contributed by atoms with Gasteiger partial charge in [0.15, 0.2) is 0 Å². The molecule has 0 spiro atoms. The first-order chi connectivity index (χ1) is 10.7. The molecule has 110 valence electrons. The normalized spacial score (nSPS) is 10.6. The molecule has 2 amide bonds. The summed E-state index contributed by atoms with van der Waals surface area (Å²) in [6, 6.07) is 7.70. The van der Waals surface area contributed by atoms with Crippen LogP contribution < -0.4 is 16.1 Å². The molecule has 0 atom stereocenters. The van der Waals surface area contributed by atoms with Gasteiger partial charge in [-0.3, -0.25) is 10.3 Å². The van der Waals surface area contributed by atoms with Crippen molar-refractivity contribution in [3.05, 3.63) is 36.7 Å². The van der Waals surface area contributed by atoms with E-state index in [2.05, 4.69) is 31.7 Å². The van der Waals surface area contributed by atoms with Gasteiger partial charge in [-0.2, -0.15) is 0 Å². The summed E-state index contributed by atoms with van der Waals surface area (Å²) in [5.74, 6) is 0.437. The quantitative estimate of drug-likeness (QED) is 0.631. The van der Waals surface area contributed by atoms with Crippen LogP contribution in [-0.4, -0.2) is 35.4 Å². The van der Waals surface area contributed by atoms with Gasteiger partial charge in [-0.1, -0.05) is 17.6 Å². The minimum absolute atomic E-state index is 0.272. The van der Waals surface area contributed by atoms with Gasteiger partial charge in [0, 0.05) is 24.5 Å². The lowest BCUT2D eigenvalue weighted by Gasteiger charge is -2.03. The van der Waals surface area contributed by atoms with E-state index in [0.717, 1.165) is 27.6 Å². The van der Waals surface area contributed by atoms with E-state index in [-0.39, 0.29) is 6.03 Å². The number of pyridine rings is 1. The van der Waals surface area contributed by atoms with Crippen molar-refractivity contribution in [1.82, 2.24) is 20.3 Å². The molecule has 22 heavy (non-hydrogen) atoms. The number of imidazole rings is 1. The number of carbonyl (C=O) groups is 1. The fourth-order valence-corrected chi connectivity index (χ4v) is 2.36. The topological polar surface area (TPSA) is 82.7 Å². The van der Waals surface area contributed by atoms with Gasteiger partial charge in [-0.05, 0) is 24.6 Å². The second-order valence-electron chi connectivity index (χ2n) is 5.00. The zero-order chi connectivity index (χ0) is 15.5. The summed E-state index contributed by atoms with van der Waals surface area (Å²) in [6.45, 7) is 2.43. The number of amides is 2. The summed E-state index contributed by atoms with van der Waals surface area (Å²) in [4.78, 5) is 23.3. The highest BCUT2D eigenvalue weighted by atomic mass is 16.2. The fourth-order valence-electron chi connectivity index (χ4n) is 2.36. The molecular formula is C15H16BN5O. The van der Waals surface area contributed by atoms with Gasteiger partial charge in [-0.15, -0.1) is 0 Å². The summed E-state index contributed by atoms with van der Waals surface area (Å²) in [5.41, 5.74) is 4.88. The molecule has 0 radical (unpaired) electrons. The summed E-state index contributed by atoms with van der Waals surface area (Å²) < 4.78 is 0. The monoisotopic (exact) mass is 293 g/mol. The predicted molar refractivity (Wildman–Crippen MR) is 90.2 cm³/mol. The minimum atomic E-state index is -0.272. The van der Waals surface area contributed by atoms with Crippen molar-refractivity contribution in [2.24, 2.45) is 0 Å². The number of hydrogen-bond donors (Lipinski definition) is 3.